The number of rotatable bonds is 6. The normalized spacial score (nSPS) is 23.3. The van der Waals surface area contributed by atoms with Gasteiger partial charge in [0, 0.05) is 32.7 Å². The average molecular weight is 431 g/mol. The fourth-order valence-electron chi connectivity index (χ4n) is 4.72. The molecule has 2 atom stereocenters. The topological polar surface area (TPSA) is 34.2 Å². The Bertz CT molecular complexity index is 1040. The molecule has 2 unspecified atom stereocenters. The van der Waals surface area contributed by atoms with E-state index in [1.807, 2.05) is 18.2 Å². The molecule has 0 saturated carbocycles. The molecule has 0 amide bonds. The van der Waals surface area contributed by atoms with E-state index in [4.69, 9.17) is 14.2 Å². The number of ether oxygens (including phenoxy) is 3. The van der Waals surface area contributed by atoms with Crippen LogP contribution in [0.5, 0.6) is 0 Å². The Morgan fingerprint density at radius 2 is 1.72 bits per heavy atom. The zero-order valence-electron chi connectivity index (χ0n) is 18.7. The minimum Gasteiger partial charge on any atom is -0.381 e. The summed E-state index contributed by atoms with van der Waals surface area (Å²) in [6.45, 7) is 2.00. The zero-order chi connectivity index (χ0) is 22.0. The van der Waals surface area contributed by atoms with Gasteiger partial charge < -0.3 is 14.2 Å². The molecular formula is C27H30N2O3. The standard InChI is InChI=1S/C27H30N2O3/c1-28-19-22-10-6-7-11-26(22)29(28)24-14-12-23(13-15-24)27(18-25(30-2)16-17-31-27)32-20-21-8-4-3-5-9-21/h3-15,25H,16-20H2,1-2H3. The van der Waals surface area contributed by atoms with Gasteiger partial charge in [-0.15, -0.1) is 0 Å². The largest absolute Gasteiger partial charge is 0.381 e. The lowest BCUT2D eigenvalue weighted by Gasteiger charge is -2.40. The molecule has 0 bridgehead atoms. The summed E-state index contributed by atoms with van der Waals surface area (Å²) in [6.07, 6.45) is 1.65. The summed E-state index contributed by atoms with van der Waals surface area (Å²) >= 11 is 0. The third-order valence-electron chi connectivity index (χ3n) is 6.43. The SMILES string of the molecule is COC1CCOC(OCc2ccccc2)(c2ccc(N3c4ccccc4CN3C)cc2)C1. The number of para-hydroxylation sites is 1. The van der Waals surface area contributed by atoms with Gasteiger partial charge in [-0.1, -0.05) is 60.7 Å². The molecular weight excluding hydrogens is 400 g/mol. The highest BCUT2D eigenvalue weighted by Gasteiger charge is 2.41. The Morgan fingerprint density at radius 3 is 2.50 bits per heavy atom. The Hall–Kier alpha value is -2.70. The van der Waals surface area contributed by atoms with Gasteiger partial charge in [0.1, 0.15) is 0 Å². The van der Waals surface area contributed by atoms with Gasteiger partial charge in [-0.05, 0) is 35.7 Å². The number of anilines is 2. The molecule has 32 heavy (non-hydrogen) atoms. The van der Waals surface area contributed by atoms with Gasteiger partial charge in [0.25, 0.3) is 0 Å². The molecule has 5 nitrogen and oxygen atoms in total. The molecule has 0 aliphatic carbocycles. The molecule has 3 aromatic carbocycles. The quantitative estimate of drug-likeness (QED) is 0.524. The Kier molecular flexibility index (Phi) is 5.98. The van der Waals surface area contributed by atoms with Gasteiger partial charge in [-0.25, -0.2) is 5.01 Å². The van der Waals surface area contributed by atoms with E-state index in [-0.39, 0.29) is 6.10 Å². The van der Waals surface area contributed by atoms with Crippen molar-refractivity contribution >= 4 is 11.4 Å². The monoisotopic (exact) mass is 430 g/mol. The van der Waals surface area contributed by atoms with Crippen LogP contribution in [0.1, 0.15) is 29.5 Å². The van der Waals surface area contributed by atoms with E-state index in [2.05, 4.69) is 77.7 Å². The van der Waals surface area contributed by atoms with Crippen molar-refractivity contribution in [3.05, 3.63) is 95.6 Å². The smallest absolute Gasteiger partial charge is 0.197 e. The molecule has 2 aliphatic heterocycles. The molecule has 2 aliphatic rings. The van der Waals surface area contributed by atoms with E-state index in [1.165, 1.54) is 11.3 Å². The fourth-order valence-corrected chi connectivity index (χ4v) is 4.72. The lowest BCUT2D eigenvalue weighted by atomic mass is 9.94. The van der Waals surface area contributed by atoms with Crippen molar-refractivity contribution < 1.29 is 14.2 Å². The second-order valence-electron chi connectivity index (χ2n) is 8.53. The van der Waals surface area contributed by atoms with Crippen molar-refractivity contribution in [2.24, 2.45) is 0 Å². The highest BCUT2D eigenvalue weighted by atomic mass is 16.7. The maximum absolute atomic E-state index is 6.49. The summed E-state index contributed by atoms with van der Waals surface area (Å²) < 4.78 is 18.5. The molecule has 5 heteroatoms. The van der Waals surface area contributed by atoms with Crippen LogP contribution >= 0.6 is 0 Å². The van der Waals surface area contributed by atoms with Crippen LogP contribution in [0.25, 0.3) is 0 Å². The molecule has 0 aromatic heterocycles. The van der Waals surface area contributed by atoms with E-state index >= 15 is 0 Å². The van der Waals surface area contributed by atoms with Crippen molar-refractivity contribution in [3.8, 4) is 0 Å². The number of hydrazine groups is 1. The number of hydrogen-bond donors (Lipinski definition) is 0. The molecule has 1 saturated heterocycles. The summed E-state index contributed by atoms with van der Waals surface area (Å²) in [6, 6.07) is 27.4. The first-order valence-electron chi connectivity index (χ1n) is 11.2. The predicted molar refractivity (Wildman–Crippen MR) is 125 cm³/mol. The van der Waals surface area contributed by atoms with Crippen LogP contribution in [0.15, 0.2) is 78.9 Å². The third kappa shape index (κ3) is 4.05. The van der Waals surface area contributed by atoms with Crippen molar-refractivity contribution in [1.29, 1.82) is 0 Å². The van der Waals surface area contributed by atoms with E-state index in [0.717, 1.165) is 29.8 Å². The first-order chi connectivity index (χ1) is 15.7. The number of methoxy groups -OCH3 is 1. The van der Waals surface area contributed by atoms with Gasteiger partial charge in [-0.2, -0.15) is 0 Å². The number of fused-ring (bicyclic) bond motifs is 1. The molecule has 166 valence electrons. The lowest BCUT2D eigenvalue weighted by molar-refractivity contribution is -0.288. The minimum atomic E-state index is -0.817. The van der Waals surface area contributed by atoms with Crippen LogP contribution in [0.3, 0.4) is 0 Å². The van der Waals surface area contributed by atoms with Crippen LogP contribution in [-0.4, -0.2) is 31.9 Å². The Balaban J connectivity index is 1.43. The summed E-state index contributed by atoms with van der Waals surface area (Å²) in [4.78, 5) is 0. The van der Waals surface area contributed by atoms with Gasteiger partial charge in [-0.3, -0.25) is 5.01 Å². The van der Waals surface area contributed by atoms with Crippen LogP contribution < -0.4 is 5.01 Å². The highest BCUT2D eigenvalue weighted by Crippen LogP contribution is 2.41. The maximum Gasteiger partial charge on any atom is 0.197 e. The first kappa shape index (κ1) is 21.2. The van der Waals surface area contributed by atoms with Crippen LogP contribution in [0, 0.1) is 0 Å². The molecule has 2 heterocycles. The summed E-state index contributed by atoms with van der Waals surface area (Å²) in [5.41, 5.74) is 5.83. The average Bonchev–Trinajstić information content (AvgIpc) is 3.19. The van der Waals surface area contributed by atoms with Gasteiger partial charge in [0.2, 0.25) is 0 Å². The van der Waals surface area contributed by atoms with E-state index < -0.39 is 5.79 Å². The second kappa shape index (κ2) is 9.04. The molecule has 0 spiro atoms. The lowest BCUT2D eigenvalue weighted by Crippen LogP contribution is -2.42. The number of hydrogen-bond acceptors (Lipinski definition) is 5. The number of nitrogens with zero attached hydrogens (tertiary/aromatic N) is 2. The highest BCUT2D eigenvalue weighted by molar-refractivity contribution is 5.68. The van der Waals surface area contributed by atoms with E-state index in [9.17, 15) is 0 Å². The summed E-state index contributed by atoms with van der Waals surface area (Å²) in [5, 5.41) is 4.50. The van der Waals surface area contributed by atoms with Gasteiger partial charge >= 0.3 is 0 Å². The van der Waals surface area contributed by atoms with Gasteiger partial charge in [0.15, 0.2) is 5.79 Å². The minimum absolute atomic E-state index is 0.107. The van der Waals surface area contributed by atoms with Crippen molar-refractivity contribution in [2.75, 3.05) is 25.8 Å². The second-order valence-corrected chi connectivity index (χ2v) is 8.53. The fraction of sp³-hybridized carbons (Fsp3) is 0.333. The van der Waals surface area contributed by atoms with Crippen LogP contribution in [-0.2, 0) is 33.1 Å². The number of benzene rings is 3. The van der Waals surface area contributed by atoms with E-state index in [0.29, 0.717) is 19.6 Å². The molecule has 0 radical (unpaired) electrons. The predicted octanol–water partition coefficient (Wildman–Crippen LogP) is 5.38. The molecule has 5 rings (SSSR count). The maximum atomic E-state index is 6.49. The summed E-state index contributed by atoms with van der Waals surface area (Å²) in [5.74, 6) is -0.817. The van der Waals surface area contributed by atoms with Crippen molar-refractivity contribution in [2.45, 2.75) is 37.9 Å². The molecule has 1 fully saturated rings. The van der Waals surface area contributed by atoms with Crippen LogP contribution in [0.2, 0.25) is 0 Å². The van der Waals surface area contributed by atoms with Crippen LogP contribution in [0.4, 0.5) is 11.4 Å². The first-order valence-corrected chi connectivity index (χ1v) is 11.2. The van der Waals surface area contributed by atoms with Crippen molar-refractivity contribution in [3.63, 3.8) is 0 Å². The van der Waals surface area contributed by atoms with Gasteiger partial charge in [0.05, 0.1) is 30.7 Å². The summed E-state index contributed by atoms with van der Waals surface area (Å²) in [7, 11) is 3.88. The Labute approximate surface area is 190 Å². The zero-order valence-corrected chi connectivity index (χ0v) is 18.7. The Morgan fingerprint density at radius 1 is 0.969 bits per heavy atom. The van der Waals surface area contributed by atoms with E-state index in [1.54, 1.807) is 7.11 Å². The molecule has 0 N–H and O–H groups in total. The molecule has 3 aromatic rings. The van der Waals surface area contributed by atoms with Crippen molar-refractivity contribution in [1.82, 2.24) is 5.01 Å². The third-order valence-corrected chi connectivity index (χ3v) is 6.43.